The predicted octanol–water partition coefficient (Wildman–Crippen LogP) is 2.07. The Morgan fingerprint density at radius 1 is 1.20 bits per heavy atom. The van der Waals surface area contributed by atoms with Crippen molar-refractivity contribution in [2.45, 2.75) is 31.4 Å². The number of thioether (sulfide) groups is 1. The lowest BCUT2D eigenvalue weighted by molar-refractivity contribution is 0.798. The predicted molar refractivity (Wildman–Crippen MR) is 86.9 cm³/mol. The van der Waals surface area contributed by atoms with Crippen molar-refractivity contribution in [3.05, 3.63) is 0 Å². The third-order valence-electron chi connectivity index (χ3n) is 3.07. The molecule has 20 heavy (non-hydrogen) atoms. The summed E-state index contributed by atoms with van der Waals surface area (Å²) in [6, 6.07) is 0. The summed E-state index contributed by atoms with van der Waals surface area (Å²) >= 11 is 2.03. The Bertz CT molecular complexity index is 419. The first-order valence-corrected chi connectivity index (χ1v) is 8.26. The number of hydrogen-bond donors (Lipinski definition) is 2. The lowest BCUT2D eigenvalue weighted by atomic mass is 10.2. The van der Waals surface area contributed by atoms with Crippen LogP contribution in [0.25, 0.3) is 0 Å². The van der Waals surface area contributed by atoms with Gasteiger partial charge in [0.15, 0.2) is 0 Å². The number of nitrogens with one attached hydrogen (secondary N) is 2. The molecule has 6 nitrogen and oxygen atoms in total. The van der Waals surface area contributed by atoms with Gasteiger partial charge in [0.25, 0.3) is 0 Å². The minimum absolute atomic E-state index is 0.645. The fourth-order valence-corrected chi connectivity index (χ4v) is 3.17. The minimum atomic E-state index is 0.645. The number of nitrogens with zero attached hydrogens (tertiary/aromatic N) is 4. The minimum Gasteiger partial charge on any atom is -0.354 e. The van der Waals surface area contributed by atoms with Gasteiger partial charge in [-0.25, -0.2) is 0 Å². The molecule has 7 heteroatoms. The monoisotopic (exact) mass is 296 g/mol. The maximum atomic E-state index is 4.45. The van der Waals surface area contributed by atoms with E-state index in [1.54, 1.807) is 0 Å². The summed E-state index contributed by atoms with van der Waals surface area (Å²) in [6.07, 6.45) is 3.65. The van der Waals surface area contributed by atoms with Gasteiger partial charge in [-0.3, -0.25) is 0 Å². The Balaban J connectivity index is 2.02. The highest BCUT2D eigenvalue weighted by atomic mass is 32.2. The summed E-state index contributed by atoms with van der Waals surface area (Å²) in [5.74, 6) is 3.26. The van der Waals surface area contributed by atoms with E-state index in [-0.39, 0.29) is 0 Å². The molecule has 1 unspecified atom stereocenters. The van der Waals surface area contributed by atoms with Crippen LogP contribution >= 0.6 is 11.8 Å². The molecular formula is C13H24N6S. The van der Waals surface area contributed by atoms with Crippen LogP contribution in [0.15, 0.2) is 0 Å². The number of hydrogen-bond acceptors (Lipinski definition) is 7. The van der Waals surface area contributed by atoms with Gasteiger partial charge in [-0.05, 0) is 25.0 Å². The fraction of sp³-hybridized carbons (Fsp3) is 0.769. The molecular weight excluding hydrogens is 272 g/mol. The van der Waals surface area contributed by atoms with Gasteiger partial charge < -0.3 is 15.5 Å². The molecule has 1 aliphatic rings. The molecule has 0 bridgehead atoms. The highest BCUT2D eigenvalue weighted by Gasteiger charge is 2.16. The second-order valence-corrected chi connectivity index (χ2v) is 6.53. The van der Waals surface area contributed by atoms with Crippen LogP contribution in [0.1, 0.15) is 26.2 Å². The van der Waals surface area contributed by atoms with E-state index >= 15 is 0 Å². The van der Waals surface area contributed by atoms with Gasteiger partial charge in [-0.2, -0.15) is 26.7 Å². The third kappa shape index (κ3) is 4.40. The summed E-state index contributed by atoms with van der Waals surface area (Å²) < 4.78 is 0. The van der Waals surface area contributed by atoms with E-state index in [1.165, 1.54) is 18.6 Å². The van der Waals surface area contributed by atoms with Crippen LogP contribution in [0.5, 0.6) is 0 Å². The summed E-state index contributed by atoms with van der Waals surface area (Å²) in [4.78, 5) is 15.2. The molecule has 2 heterocycles. The van der Waals surface area contributed by atoms with Crippen molar-refractivity contribution in [1.82, 2.24) is 15.0 Å². The molecule has 0 aromatic carbocycles. The Hall–Kier alpha value is -1.24. The van der Waals surface area contributed by atoms with Gasteiger partial charge in [0.2, 0.25) is 17.8 Å². The largest absolute Gasteiger partial charge is 0.354 e. The van der Waals surface area contributed by atoms with Crippen molar-refractivity contribution in [3.63, 3.8) is 0 Å². The van der Waals surface area contributed by atoms with Crippen LogP contribution in [0.3, 0.4) is 0 Å². The lowest BCUT2D eigenvalue weighted by Gasteiger charge is -2.15. The van der Waals surface area contributed by atoms with E-state index in [4.69, 9.17) is 0 Å². The van der Waals surface area contributed by atoms with Gasteiger partial charge in [0.1, 0.15) is 0 Å². The summed E-state index contributed by atoms with van der Waals surface area (Å²) in [5.41, 5.74) is 0. The molecule has 0 amide bonds. The van der Waals surface area contributed by atoms with Crippen molar-refractivity contribution in [2.24, 2.45) is 0 Å². The van der Waals surface area contributed by atoms with Crippen LogP contribution in [-0.4, -0.2) is 53.1 Å². The van der Waals surface area contributed by atoms with Gasteiger partial charge in [-0.15, -0.1) is 0 Å². The molecule has 1 aromatic rings. The normalized spacial score (nSPS) is 18.1. The molecule has 0 saturated carbocycles. The zero-order valence-electron chi connectivity index (χ0n) is 12.5. The van der Waals surface area contributed by atoms with Gasteiger partial charge in [-0.1, -0.05) is 6.92 Å². The van der Waals surface area contributed by atoms with Crippen molar-refractivity contribution >= 4 is 29.6 Å². The van der Waals surface area contributed by atoms with E-state index in [0.717, 1.165) is 19.5 Å². The van der Waals surface area contributed by atoms with E-state index in [1.807, 2.05) is 30.8 Å². The Morgan fingerprint density at radius 2 is 1.95 bits per heavy atom. The number of aromatic nitrogens is 3. The molecule has 2 N–H and O–H groups in total. The average molecular weight is 296 g/mol. The Kier molecular flexibility index (Phi) is 5.70. The van der Waals surface area contributed by atoms with Crippen molar-refractivity contribution in [1.29, 1.82) is 0 Å². The molecule has 112 valence electrons. The highest BCUT2D eigenvalue weighted by Crippen LogP contribution is 2.26. The first-order valence-electron chi connectivity index (χ1n) is 7.21. The quantitative estimate of drug-likeness (QED) is 0.798. The van der Waals surface area contributed by atoms with Crippen molar-refractivity contribution in [2.75, 3.05) is 48.5 Å². The maximum absolute atomic E-state index is 4.45. The standard InChI is InChI=1S/C13H24N6S/c1-4-7-14-11-16-12(18-13(17-11)19(2)3)15-9-10-6-5-8-20-10/h10H,4-9H2,1-3H3,(H2,14,15,16,17,18). The first-order chi connectivity index (χ1) is 9.69. The van der Waals surface area contributed by atoms with E-state index in [9.17, 15) is 0 Å². The molecule has 1 aromatic heterocycles. The molecule has 0 spiro atoms. The Labute approximate surface area is 125 Å². The molecule has 1 fully saturated rings. The zero-order valence-corrected chi connectivity index (χ0v) is 13.3. The third-order valence-corrected chi connectivity index (χ3v) is 4.47. The van der Waals surface area contributed by atoms with Crippen LogP contribution in [0, 0.1) is 0 Å². The summed E-state index contributed by atoms with van der Waals surface area (Å²) in [6.45, 7) is 3.92. The van der Waals surface area contributed by atoms with Gasteiger partial charge in [0.05, 0.1) is 0 Å². The average Bonchev–Trinajstić information content (AvgIpc) is 2.96. The van der Waals surface area contributed by atoms with Crippen LogP contribution in [0.2, 0.25) is 0 Å². The van der Waals surface area contributed by atoms with Crippen molar-refractivity contribution < 1.29 is 0 Å². The fourth-order valence-electron chi connectivity index (χ4n) is 1.97. The summed E-state index contributed by atoms with van der Waals surface area (Å²) in [5, 5.41) is 7.25. The highest BCUT2D eigenvalue weighted by molar-refractivity contribution is 8.00. The van der Waals surface area contributed by atoms with Crippen LogP contribution in [0.4, 0.5) is 17.8 Å². The first kappa shape index (κ1) is 15.2. The summed E-state index contributed by atoms with van der Waals surface area (Å²) in [7, 11) is 3.88. The molecule has 1 atom stereocenters. The number of anilines is 3. The second kappa shape index (κ2) is 7.52. The van der Waals surface area contributed by atoms with E-state index in [2.05, 4.69) is 32.5 Å². The smallest absolute Gasteiger partial charge is 0.231 e. The van der Waals surface area contributed by atoms with Gasteiger partial charge in [0, 0.05) is 32.4 Å². The molecule has 0 aliphatic carbocycles. The van der Waals surface area contributed by atoms with Crippen LogP contribution < -0.4 is 15.5 Å². The number of rotatable bonds is 7. The van der Waals surface area contributed by atoms with E-state index < -0.39 is 0 Å². The zero-order chi connectivity index (χ0) is 14.4. The van der Waals surface area contributed by atoms with Gasteiger partial charge >= 0.3 is 0 Å². The SMILES string of the molecule is CCCNc1nc(NCC2CCCS2)nc(N(C)C)n1. The molecule has 2 rings (SSSR count). The Morgan fingerprint density at radius 3 is 2.55 bits per heavy atom. The molecule has 1 saturated heterocycles. The van der Waals surface area contributed by atoms with E-state index in [0.29, 0.717) is 23.1 Å². The topological polar surface area (TPSA) is 66.0 Å². The van der Waals surface area contributed by atoms with Crippen molar-refractivity contribution in [3.8, 4) is 0 Å². The maximum Gasteiger partial charge on any atom is 0.231 e. The lowest BCUT2D eigenvalue weighted by Crippen LogP contribution is -2.20. The second-order valence-electron chi connectivity index (χ2n) is 5.12. The van der Waals surface area contributed by atoms with Crippen LogP contribution in [-0.2, 0) is 0 Å². The molecule has 0 radical (unpaired) electrons. The molecule has 1 aliphatic heterocycles.